The Kier molecular flexibility index (Phi) is 6.88. The second-order valence-electron chi connectivity index (χ2n) is 8.33. The molecule has 1 aliphatic heterocycles. The lowest BCUT2D eigenvalue weighted by Crippen LogP contribution is -2.48. The van der Waals surface area contributed by atoms with Gasteiger partial charge in [0, 0.05) is 25.2 Å². The van der Waals surface area contributed by atoms with Gasteiger partial charge in [0.15, 0.2) is 0 Å². The summed E-state index contributed by atoms with van der Waals surface area (Å²) < 4.78 is 5.60. The first-order valence-corrected chi connectivity index (χ1v) is 9.53. The highest BCUT2D eigenvalue weighted by Gasteiger charge is 2.31. The van der Waals surface area contributed by atoms with Crippen LogP contribution in [-0.2, 0) is 11.3 Å². The van der Waals surface area contributed by atoms with Gasteiger partial charge in [-0.1, -0.05) is 29.8 Å². The molecule has 1 N–H and O–H groups in total. The lowest BCUT2D eigenvalue weighted by atomic mass is 9.96. The van der Waals surface area contributed by atoms with Crippen molar-refractivity contribution in [3.63, 3.8) is 0 Å². The van der Waals surface area contributed by atoms with E-state index in [2.05, 4.69) is 43.4 Å². The van der Waals surface area contributed by atoms with E-state index in [0.717, 1.165) is 32.4 Å². The molecule has 4 nitrogen and oxygen atoms in total. The van der Waals surface area contributed by atoms with E-state index in [1.165, 1.54) is 17.5 Å². The van der Waals surface area contributed by atoms with Crippen molar-refractivity contribution in [2.24, 2.45) is 0 Å². The van der Waals surface area contributed by atoms with Gasteiger partial charge in [0.2, 0.25) is 0 Å². The zero-order valence-electron chi connectivity index (χ0n) is 16.5. The zero-order valence-corrected chi connectivity index (χ0v) is 16.5. The van der Waals surface area contributed by atoms with Gasteiger partial charge in [0.05, 0.1) is 0 Å². The smallest absolute Gasteiger partial charge is 0.410 e. The summed E-state index contributed by atoms with van der Waals surface area (Å²) in [7, 11) is 0. The number of nitrogens with one attached hydrogen (secondary N) is 1. The van der Waals surface area contributed by atoms with Crippen LogP contribution in [0.2, 0.25) is 0 Å². The first-order valence-electron chi connectivity index (χ1n) is 9.53. The third kappa shape index (κ3) is 6.69. The summed E-state index contributed by atoms with van der Waals surface area (Å²) in [5.41, 5.74) is 2.14. The van der Waals surface area contributed by atoms with Crippen molar-refractivity contribution in [1.82, 2.24) is 10.2 Å². The summed E-state index contributed by atoms with van der Waals surface area (Å²) in [6.07, 6.45) is 4.12. The Bertz CT molecular complexity index is 548. The fourth-order valence-electron chi connectivity index (χ4n) is 3.30. The average Bonchev–Trinajstić information content (AvgIpc) is 2.53. The molecule has 2 atom stereocenters. The summed E-state index contributed by atoms with van der Waals surface area (Å²) in [5.74, 6) is 0. The highest BCUT2D eigenvalue weighted by Crippen LogP contribution is 2.23. The van der Waals surface area contributed by atoms with E-state index in [-0.39, 0.29) is 12.1 Å². The highest BCUT2D eigenvalue weighted by molar-refractivity contribution is 5.68. The van der Waals surface area contributed by atoms with E-state index in [4.69, 9.17) is 4.74 Å². The number of piperidine rings is 1. The predicted octanol–water partition coefficient (Wildman–Crippen LogP) is 4.65. The molecule has 0 radical (unpaired) electrons. The van der Waals surface area contributed by atoms with Crippen LogP contribution < -0.4 is 5.32 Å². The number of nitrogens with zero attached hydrogens (tertiary/aromatic N) is 1. The number of ether oxygens (including phenoxy) is 1. The molecular weight excluding hydrogens is 312 g/mol. The number of amides is 1. The van der Waals surface area contributed by atoms with Crippen molar-refractivity contribution in [1.29, 1.82) is 0 Å². The molecule has 0 spiro atoms. The summed E-state index contributed by atoms with van der Waals surface area (Å²) in [4.78, 5) is 14.4. The van der Waals surface area contributed by atoms with Gasteiger partial charge >= 0.3 is 6.09 Å². The van der Waals surface area contributed by atoms with Crippen molar-refractivity contribution >= 4 is 6.09 Å². The molecule has 2 rings (SSSR count). The van der Waals surface area contributed by atoms with Crippen molar-refractivity contribution in [2.75, 3.05) is 6.54 Å². The van der Waals surface area contributed by atoms with Crippen LogP contribution in [0.15, 0.2) is 24.3 Å². The fourth-order valence-corrected chi connectivity index (χ4v) is 3.30. The minimum atomic E-state index is -0.436. The Balaban J connectivity index is 1.87. The Morgan fingerprint density at radius 2 is 1.96 bits per heavy atom. The van der Waals surface area contributed by atoms with E-state index in [1.54, 1.807) is 0 Å². The maximum absolute atomic E-state index is 12.5. The lowest BCUT2D eigenvalue weighted by Gasteiger charge is -2.38. The van der Waals surface area contributed by atoms with Crippen LogP contribution in [0.25, 0.3) is 0 Å². The second-order valence-corrected chi connectivity index (χ2v) is 8.33. The molecule has 0 bridgehead atoms. The van der Waals surface area contributed by atoms with Crippen LogP contribution in [0.4, 0.5) is 4.79 Å². The molecule has 0 aromatic heterocycles. The minimum Gasteiger partial charge on any atom is -0.444 e. The predicted molar refractivity (Wildman–Crippen MR) is 103 cm³/mol. The summed E-state index contributed by atoms with van der Waals surface area (Å²) in [6.45, 7) is 11.8. The van der Waals surface area contributed by atoms with Gasteiger partial charge in [-0.3, -0.25) is 0 Å². The van der Waals surface area contributed by atoms with Crippen LogP contribution in [0.3, 0.4) is 0 Å². The van der Waals surface area contributed by atoms with Crippen LogP contribution >= 0.6 is 0 Å². The molecule has 0 saturated carbocycles. The molecule has 4 heteroatoms. The lowest BCUT2D eigenvalue weighted by molar-refractivity contribution is 0.00789. The monoisotopic (exact) mass is 346 g/mol. The van der Waals surface area contributed by atoms with Gasteiger partial charge in [-0.15, -0.1) is 0 Å². The largest absolute Gasteiger partial charge is 0.444 e. The van der Waals surface area contributed by atoms with E-state index >= 15 is 0 Å². The number of carbonyl (C=O) groups excluding carboxylic acids is 1. The zero-order chi connectivity index (χ0) is 18.4. The van der Waals surface area contributed by atoms with Crippen LogP contribution in [0.5, 0.6) is 0 Å². The van der Waals surface area contributed by atoms with Crippen LogP contribution in [0, 0.1) is 6.92 Å². The van der Waals surface area contributed by atoms with Crippen molar-refractivity contribution in [3.8, 4) is 0 Å². The van der Waals surface area contributed by atoms with Gasteiger partial charge in [0.25, 0.3) is 0 Å². The first kappa shape index (κ1) is 19.8. The van der Waals surface area contributed by atoms with Crippen molar-refractivity contribution in [2.45, 2.75) is 84.5 Å². The van der Waals surface area contributed by atoms with E-state index < -0.39 is 5.60 Å². The molecule has 1 heterocycles. The Hall–Kier alpha value is -1.55. The summed E-state index contributed by atoms with van der Waals surface area (Å²) in [5, 5.41) is 3.59. The Morgan fingerprint density at radius 3 is 2.60 bits per heavy atom. The molecule has 1 aromatic rings. The first-order chi connectivity index (χ1) is 11.7. The number of likely N-dealkylation sites (tertiary alicyclic amines) is 1. The van der Waals surface area contributed by atoms with E-state index in [0.29, 0.717) is 6.04 Å². The van der Waals surface area contributed by atoms with Gasteiger partial charge < -0.3 is 15.0 Å². The van der Waals surface area contributed by atoms with Crippen molar-refractivity contribution in [3.05, 3.63) is 35.4 Å². The highest BCUT2D eigenvalue weighted by atomic mass is 16.6. The SMILES string of the molecule is Cc1ccc(CNC(C)CC2CCCCN2C(=O)OC(C)(C)C)cc1. The maximum atomic E-state index is 12.5. The Morgan fingerprint density at radius 1 is 1.28 bits per heavy atom. The number of hydrogen-bond donors (Lipinski definition) is 1. The molecule has 1 aliphatic rings. The topological polar surface area (TPSA) is 41.6 Å². The molecule has 1 fully saturated rings. The molecule has 0 aliphatic carbocycles. The second kappa shape index (κ2) is 8.70. The summed E-state index contributed by atoms with van der Waals surface area (Å²) in [6, 6.07) is 9.25. The van der Waals surface area contributed by atoms with Gasteiger partial charge in [-0.05, 0) is 65.9 Å². The minimum absolute atomic E-state index is 0.164. The number of aryl methyl sites for hydroxylation is 1. The Labute approximate surface area is 152 Å². The molecule has 2 unspecified atom stereocenters. The fraction of sp³-hybridized carbons (Fsp3) is 0.667. The standard InChI is InChI=1S/C21H34N2O2/c1-16-9-11-18(12-10-16)15-22-17(2)14-19-8-6-7-13-23(19)20(24)25-21(3,4)5/h9-12,17,19,22H,6-8,13-15H2,1-5H3. The third-order valence-corrected chi connectivity index (χ3v) is 4.66. The molecular formula is C21H34N2O2. The van der Waals surface area contributed by atoms with E-state index in [9.17, 15) is 4.79 Å². The third-order valence-electron chi connectivity index (χ3n) is 4.66. The van der Waals surface area contributed by atoms with Gasteiger partial charge in [-0.2, -0.15) is 0 Å². The molecule has 25 heavy (non-hydrogen) atoms. The normalized spacial score (nSPS) is 19.6. The van der Waals surface area contributed by atoms with Gasteiger partial charge in [0.1, 0.15) is 5.60 Å². The molecule has 1 amide bonds. The summed E-state index contributed by atoms with van der Waals surface area (Å²) >= 11 is 0. The molecule has 1 saturated heterocycles. The number of benzene rings is 1. The van der Waals surface area contributed by atoms with Gasteiger partial charge in [-0.25, -0.2) is 4.79 Å². The number of rotatable bonds is 5. The number of hydrogen-bond acceptors (Lipinski definition) is 3. The molecule has 1 aromatic carbocycles. The number of carbonyl (C=O) groups is 1. The van der Waals surface area contributed by atoms with Crippen LogP contribution in [-0.4, -0.2) is 35.2 Å². The van der Waals surface area contributed by atoms with Crippen LogP contribution in [0.1, 0.15) is 64.5 Å². The van der Waals surface area contributed by atoms with E-state index in [1.807, 2.05) is 25.7 Å². The molecule has 140 valence electrons. The maximum Gasteiger partial charge on any atom is 0.410 e. The quantitative estimate of drug-likeness (QED) is 0.843. The van der Waals surface area contributed by atoms with Crippen molar-refractivity contribution < 1.29 is 9.53 Å². The average molecular weight is 347 g/mol.